The topological polar surface area (TPSA) is 94.1 Å². The molecule has 2 aliphatic heterocycles. The molecular weight excluding hydrogens is 398 g/mol. The van der Waals surface area contributed by atoms with Crippen molar-refractivity contribution in [3.05, 3.63) is 46.7 Å². The van der Waals surface area contributed by atoms with Crippen LogP contribution >= 0.6 is 0 Å². The molecule has 1 saturated heterocycles. The average molecular weight is 430 g/mol. The molecule has 31 heavy (non-hydrogen) atoms. The first-order valence-electron chi connectivity index (χ1n) is 10.8. The second-order valence-corrected chi connectivity index (χ2v) is 7.86. The lowest BCUT2D eigenvalue weighted by molar-refractivity contribution is -0.134. The minimum absolute atomic E-state index is 0.0528. The summed E-state index contributed by atoms with van der Waals surface area (Å²) in [6.07, 6.45) is 7.14. The van der Waals surface area contributed by atoms with Crippen LogP contribution in [-0.2, 0) is 25.5 Å². The molecule has 7 nitrogen and oxygen atoms in total. The Morgan fingerprint density at radius 3 is 2.84 bits per heavy atom. The lowest BCUT2D eigenvalue weighted by Crippen LogP contribution is -2.20. The minimum Gasteiger partial charge on any atom is -0.493 e. The highest BCUT2D eigenvalue weighted by Crippen LogP contribution is 2.38. The number of carboxylic acids is 1. The molecule has 0 radical (unpaired) electrons. The molecule has 0 saturated carbocycles. The van der Waals surface area contributed by atoms with Crippen molar-refractivity contribution >= 4 is 17.3 Å². The number of hydrogen-bond acceptors (Lipinski definition) is 6. The van der Waals surface area contributed by atoms with Gasteiger partial charge in [-0.25, -0.2) is 4.79 Å². The van der Waals surface area contributed by atoms with Crippen LogP contribution in [0, 0.1) is 0 Å². The van der Waals surface area contributed by atoms with E-state index in [0.717, 1.165) is 60.3 Å². The lowest BCUT2D eigenvalue weighted by Gasteiger charge is -2.27. The summed E-state index contributed by atoms with van der Waals surface area (Å²) in [5.74, 6) is -0.959. The van der Waals surface area contributed by atoms with Gasteiger partial charge in [0, 0.05) is 45.1 Å². The number of nitrogens with one attached hydrogen (secondary N) is 1. The number of fused-ring (bicyclic) bond motifs is 1. The van der Waals surface area contributed by atoms with Gasteiger partial charge in [0.25, 0.3) is 0 Å². The maximum atomic E-state index is 12.5. The van der Waals surface area contributed by atoms with Gasteiger partial charge < -0.3 is 24.6 Å². The second kappa shape index (κ2) is 11.1. The molecule has 2 heterocycles. The molecule has 1 fully saturated rings. The first-order valence-corrected chi connectivity index (χ1v) is 10.8. The van der Waals surface area contributed by atoms with E-state index in [1.165, 1.54) is 12.3 Å². The van der Waals surface area contributed by atoms with Crippen molar-refractivity contribution in [3.63, 3.8) is 0 Å². The van der Waals surface area contributed by atoms with Gasteiger partial charge in [0.2, 0.25) is 0 Å². The zero-order valence-electron chi connectivity index (χ0n) is 18.2. The van der Waals surface area contributed by atoms with E-state index >= 15 is 0 Å². The van der Waals surface area contributed by atoms with Crippen molar-refractivity contribution in [2.75, 3.05) is 33.5 Å². The molecule has 1 unspecified atom stereocenters. The van der Waals surface area contributed by atoms with Crippen molar-refractivity contribution in [3.8, 4) is 5.75 Å². The molecule has 1 atom stereocenters. The summed E-state index contributed by atoms with van der Waals surface area (Å²) in [6, 6.07) is 4.10. The maximum absolute atomic E-state index is 12.5. The Morgan fingerprint density at radius 1 is 1.29 bits per heavy atom. The van der Waals surface area contributed by atoms with E-state index in [4.69, 9.17) is 14.2 Å². The second-order valence-electron chi connectivity index (χ2n) is 7.86. The van der Waals surface area contributed by atoms with Crippen molar-refractivity contribution in [1.82, 2.24) is 5.32 Å². The van der Waals surface area contributed by atoms with Gasteiger partial charge in [0.05, 0.1) is 12.7 Å². The van der Waals surface area contributed by atoms with Crippen LogP contribution in [0.15, 0.2) is 30.0 Å². The number of carbonyl (C=O) groups excluding carboxylic acids is 1. The fraction of sp³-hybridized carbons (Fsp3) is 0.500. The molecule has 1 aromatic rings. The minimum atomic E-state index is -1.24. The molecule has 3 rings (SSSR count). The Bertz CT molecular complexity index is 867. The molecule has 0 aliphatic carbocycles. The highest BCUT2D eigenvalue weighted by molar-refractivity contribution is 6.22. The van der Waals surface area contributed by atoms with E-state index in [-0.39, 0.29) is 11.7 Å². The molecule has 2 N–H and O–H groups in total. The highest BCUT2D eigenvalue weighted by Gasteiger charge is 2.24. The van der Waals surface area contributed by atoms with Gasteiger partial charge >= 0.3 is 5.97 Å². The number of benzene rings is 1. The predicted molar refractivity (Wildman–Crippen MR) is 117 cm³/mol. The smallest absolute Gasteiger partial charge is 0.341 e. The van der Waals surface area contributed by atoms with Crippen LogP contribution in [0.4, 0.5) is 0 Å². The zero-order valence-corrected chi connectivity index (χ0v) is 18.2. The summed E-state index contributed by atoms with van der Waals surface area (Å²) >= 11 is 0. The summed E-state index contributed by atoms with van der Waals surface area (Å²) < 4.78 is 17.3. The van der Waals surface area contributed by atoms with Crippen LogP contribution in [0.5, 0.6) is 5.75 Å². The van der Waals surface area contributed by atoms with Crippen LogP contribution in [0.1, 0.15) is 55.4 Å². The summed E-state index contributed by atoms with van der Waals surface area (Å²) in [7, 11) is 1.67. The van der Waals surface area contributed by atoms with Gasteiger partial charge in [-0.05, 0) is 67.5 Å². The summed E-state index contributed by atoms with van der Waals surface area (Å²) in [5, 5.41) is 12.3. The monoisotopic (exact) mass is 429 g/mol. The molecule has 2 aliphatic rings. The van der Waals surface area contributed by atoms with Crippen molar-refractivity contribution < 1.29 is 28.9 Å². The Kier molecular flexibility index (Phi) is 8.26. The number of allylic oxidation sites excluding steroid dienone is 2. The molecule has 0 spiro atoms. The molecule has 1 aromatic carbocycles. The Hall–Kier alpha value is -2.64. The first-order chi connectivity index (χ1) is 15.0. The number of ether oxygens (including phenoxy) is 3. The van der Waals surface area contributed by atoms with E-state index < -0.39 is 11.8 Å². The average Bonchev–Trinajstić information content (AvgIpc) is 2.76. The largest absolute Gasteiger partial charge is 0.493 e. The van der Waals surface area contributed by atoms with E-state index in [9.17, 15) is 14.7 Å². The Labute approximate surface area is 183 Å². The van der Waals surface area contributed by atoms with Gasteiger partial charge in [0.15, 0.2) is 5.78 Å². The Morgan fingerprint density at radius 2 is 2.13 bits per heavy atom. The number of ketones is 1. The van der Waals surface area contributed by atoms with Crippen LogP contribution in [-0.4, -0.2) is 50.3 Å². The summed E-state index contributed by atoms with van der Waals surface area (Å²) in [4.78, 5) is 24.0. The first kappa shape index (κ1) is 23.0. The summed E-state index contributed by atoms with van der Waals surface area (Å²) in [5.41, 5.74) is 3.42. The predicted octanol–water partition coefficient (Wildman–Crippen LogP) is 3.43. The third-order valence-corrected chi connectivity index (χ3v) is 5.57. The molecular formula is C24H31NO6. The molecule has 0 bridgehead atoms. The van der Waals surface area contributed by atoms with Crippen molar-refractivity contribution in [1.29, 1.82) is 0 Å². The van der Waals surface area contributed by atoms with Crippen LogP contribution in [0.25, 0.3) is 5.57 Å². The van der Waals surface area contributed by atoms with E-state index in [1.807, 2.05) is 13.0 Å². The standard InChI is InChI=1S/C24H31NO6/c1-16-12-21(26)20(24(27)28)15-25-8-7-17-13-23(31-11-5-9-29-2)19(14-18(16)17)22-6-3-4-10-30-22/h12-15,22,25H,3-11H2,1-2H3,(H,27,28)/b16-12+,20-15+. The Balaban J connectivity index is 2.00. The van der Waals surface area contributed by atoms with Crippen LogP contribution in [0.3, 0.4) is 0 Å². The molecule has 168 valence electrons. The highest BCUT2D eigenvalue weighted by atomic mass is 16.5. The van der Waals surface area contributed by atoms with E-state index in [1.54, 1.807) is 7.11 Å². The SMILES string of the molecule is COCCCOc1cc2c(cc1C1CCCCO1)/C(C)=C/C(=O)/C(C(=O)O)=C\NCC2. The molecule has 0 aromatic heterocycles. The van der Waals surface area contributed by atoms with E-state index in [2.05, 4.69) is 11.4 Å². The number of methoxy groups -OCH3 is 1. The van der Waals surface area contributed by atoms with Gasteiger partial charge in [-0.1, -0.05) is 0 Å². The normalized spacial score (nSPS) is 22.9. The van der Waals surface area contributed by atoms with E-state index in [0.29, 0.717) is 26.2 Å². The van der Waals surface area contributed by atoms with Gasteiger partial charge in [-0.3, -0.25) is 4.79 Å². The number of hydrogen-bond donors (Lipinski definition) is 2. The third kappa shape index (κ3) is 5.95. The molecule has 7 heteroatoms. The maximum Gasteiger partial charge on any atom is 0.341 e. The number of carbonyl (C=O) groups is 2. The number of carboxylic acid groups (broad SMARTS) is 1. The quantitative estimate of drug-likeness (QED) is 0.507. The fourth-order valence-corrected chi connectivity index (χ4v) is 3.93. The van der Waals surface area contributed by atoms with Crippen molar-refractivity contribution in [2.45, 2.75) is 45.1 Å². The number of aliphatic carboxylic acids is 1. The summed E-state index contributed by atoms with van der Waals surface area (Å²) in [6.45, 7) is 4.24. The molecule has 0 amide bonds. The lowest BCUT2D eigenvalue weighted by atomic mass is 9.90. The van der Waals surface area contributed by atoms with Crippen molar-refractivity contribution in [2.24, 2.45) is 0 Å². The zero-order chi connectivity index (χ0) is 22.2. The van der Waals surface area contributed by atoms with Gasteiger partial charge in [0.1, 0.15) is 11.3 Å². The number of rotatable bonds is 7. The van der Waals surface area contributed by atoms with Gasteiger partial charge in [-0.15, -0.1) is 0 Å². The third-order valence-electron chi connectivity index (χ3n) is 5.57. The van der Waals surface area contributed by atoms with Gasteiger partial charge in [-0.2, -0.15) is 0 Å². The van der Waals surface area contributed by atoms with Crippen LogP contribution < -0.4 is 10.1 Å². The fourth-order valence-electron chi connectivity index (χ4n) is 3.93. The van der Waals surface area contributed by atoms with Crippen LogP contribution in [0.2, 0.25) is 0 Å².